The summed E-state index contributed by atoms with van der Waals surface area (Å²) in [6.07, 6.45) is 0.0356. The first-order valence-corrected chi connectivity index (χ1v) is 9.14. The molecule has 3 aromatic rings. The monoisotopic (exact) mass is 401 g/mol. The van der Waals surface area contributed by atoms with Crippen molar-refractivity contribution in [1.82, 2.24) is 9.88 Å². The highest BCUT2D eigenvalue weighted by atomic mass is 35.5. The van der Waals surface area contributed by atoms with Crippen LogP contribution in [-0.2, 0) is 16.1 Å². The van der Waals surface area contributed by atoms with Crippen LogP contribution in [-0.4, -0.2) is 22.9 Å². The number of fused-ring (bicyclic) bond motifs is 1. The van der Waals surface area contributed by atoms with E-state index in [0.717, 1.165) is 11.1 Å². The molecule has 0 bridgehead atoms. The topological polar surface area (TPSA) is 93.3 Å². The van der Waals surface area contributed by atoms with Crippen molar-refractivity contribution in [3.8, 4) is 0 Å². The van der Waals surface area contributed by atoms with Crippen LogP contribution in [0.1, 0.15) is 17.5 Å². The number of hydrogen-bond acceptors (Lipinski definition) is 4. The number of carbonyl (C=O) groups is 2. The fraction of sp³-hybridized carbons (Fsp3) is 0.250. The van der Waals surface area contributed by atoms with Gasteiger partial charge in [0.2, 0.25) is 11.8 Å². The Bertz CT molecular complexity index is 1100. The van der Waals surface area contributed by atoms with Gasteiger partial charge < -0.3 is 15.1 Å². The molecule has 8 heteroatoms. The van der Waals surface area contributed by atoms with E-state index in [9.17, 15) is 14.4 Å². The first kappa shape index (κ1) is 19.7. The number of carbonyl (C=O) groups excluding carboxylic acids is 2. The van der Waals surface area contributed by atoms with Crippen molar-refractivity contribution < 1.29 is 14.0 Å². The number of aryl methyl sites for hydroxylation is 2. The Morgan fingerprint density at radius 1 is 1.14 bits per heavy atom. The lowest BCUT2D eigenvalue weighted by Gasteiger charge is -2.11. The molecule has 2 aromatic carbocycles. The van der Waals surface area contributed by atoms with Crippen molar-refractivity contribution in [2.45, 2.75) is 26.8 Å². The van der Waals surface area contributed by atoms with E-state index in [1.165, 1.54) is 4.57 Å². The predicted octanol–water partition coefficient (Wildman–Crippen LogP) is 3.01. The van der Waals surface area contributed by atoms with Crippen molar-refractivity contribution in [1.29, 1.82) is 0 Å². The third-order valence-corrected chi connectivity index (χ3v) is 4.75. The maximum atomic E-state index is 12.1. The smallest absolute Gasteiger partial charge is 0.408 e. The molecule has 1 aromatic heterocycles. The molecule has 1 heterocycles. The molecule has 0 atom stereocenters. The highest BCUT2D eigenvalue weighted by molar-refractivity contribution is 6.31. The molecule has 2 amide bonds. The standard InChI is InChI=1S/C20H20ClN3O4/c1-12-4-3-5-15(13(12)2)23-19(26)11-22-18(25)8-9-24-16-7-6-14(21)10-17(16)28-20(24)27/h3-7,10H,8-9,11H2,1-2H3,(H,22,25)(H,23,26). The Balaban J connectivity index is 1.54. The van der Waals surface area contributed by atoms with Gasteiger partial charge in [0.15, 0.2) is 5.58 Å². The first-order valence-electron chi connectivity index (χ1n) is 8.77. The van der Waals surface area contributed by atoms with Crippen LogP contribution in [0.25, 0.3) is 11.1 Å². The quantitative estimate of drug-likeness (QED) is 0.664. The number of benzene rings is 2. The number of oxazole rings is 1. The van der Waals surface area contributed by atoms with E-state index >= 15 is 0 Å². The summed E-state index contributed by atoms with van der Waals surface area (Å²) in [5.74, 6) is -1.22. The van der Waals surface area contributed by atoms with Crippen molar-refractivity contribution in [3.63, 3.8) is 0 Å². The number of halogens is 1. The largest absolute Gasteiger partial charge is 0.419 e. The molecule has 3 rings (SSSR count). The highest BCUT2D eigenvalue weighted by Gasteiger charge is 2.12. The second kappa shape index (κ2) is 8.31. The zero-order valence-corrected chi connectivity index (χ0v) is 16.3. The van der Waals surface area contributed by atoms with E-state index in [-0.39, 0.29) is 31.3 Å². The summed E-state index contributed by atoms with van der Waals surface area (Å²) >= 11 is 5.88. The van der Waals surface area contributed by atoms with Crippen LogP contribution >= 0.6 is 11.6 Å². The average molecular weight is 402 g/mol. The Morgan fingerprint density at radius 2 is 1.93 bits per heavy atom. The van der Waals surface area contributed by atoms with Crippen LogP contribution in [0, 0.1) is 13.8 Å². The Hall–Kier alpha value is -3.06. The van der Waals surface area contributed by atoms with E-state index < -0.39 is 5.76 Å². The zero-order chi connectivity index (χ0) is 20.3. The van der Waals surface area contributed by atoms with Gasteiger partial charge in [-0.2, -0.15) is 0 Å². The number of hydrogen-bond donors (Lipinski definition) is 2. The van der Waals surface area contributed by atoms with E-state index in [2.05, 4.69) is 10.6 Å². The van der Waals surface area contributed by atoms with Crippen LogP contribution in [0.2, 0.25) is 5.02 Å². The molecule has 0 saturated heterocycles. The summed E-state index contributed by atoms with van der Waals surface area (Å²) in [4.78, 5) is 36.1. The van der Waals surface area contributed by atoms with Crippen LogP contribution in [0.3, 0.4) is 0 Å². The van der Waals surface area contributed by atoms with Crippen molar-refractivity contribution in [2.75, 3.05) is 11.9 Å². The molecular formula is C20H20ClN3O4. The third-order valence-electron chi connectivity index (χ3n) is 4.52. The average Bonchev–Trinajstić information content (AvgIpc) is 2.96. The predicted molar refractivity (Wildman–Crippen MR) is 108 cm³/mol. The summed E-state index contributed by atoms with van der Waals surface area (Å²) in [6, 6.07) is 10.5. The lowest BCUT2D eigenvalue weighted by Crippen LogP contribution is -2.33. The third kappa shape index (κ3) is 4.43. The molecule has 2 N–H and O–H groups in total. The van der Waals surface area contributed by atoms with Crippen molar-refractivity contribution >= 4 is 40.2 Å². The lowest BCUT2D eigenvalue weighted by atomic mass is 10.1. The number of aromatic nitrogens is 1. The molecule has 0 radical (unpaired) electrons. The summed E-state index contributed by atoms with van der Waals surface area (Å²) in [7, 11) is 0. The van der Waals surface area contributed by atoms with Crippen LogP contribution in [0.4, 0.5) is 5.69 Å². The summed E-state index contributed by atoms with van der Waals surface area (Å²) in [6.45, 7) is 3.87. The minimum Gasteiger partial charge on any atom is -0.408 e. The zero-order valence-electron chi connectivity index (χ0n) is 15.5. The molecule has 0 spiro atoms. The van der Waals surface area contributed by atoms with Crippen LogP contribution in [0.5, 0.6) is 0 Å². The van der Waals surface area contributed by atoms with E-state index in [4.69, 9.17) is 16.0 Å². The van der Waals surface area contributed by atoms with Gasteiger partial charge in [-0.1, -0.05) is 23.7 Å². The molecule has 0 unspecified atom stereocenters. The minimum atomic E-state index is -0.558. The molecule has 0 aliphatic carbocycles. The number of rotatable bonds is 6. The molecule has 0 aliphatic rings. The molecule has 0 aliphatic heterocycles. The van der Waals surface area contributed by atoms with Gasteiger partial charge in [0.05, 0.1) is 12.1 Å². The van der Waals surface area contributed by atoms with E-state index in [1.54, 1.807) is 18.2 Å². The molecule has 7 nitrogen and oxygen atoms in total. The first-order chi connectivity index (χ1) is 13.3. The molecule has 0 fully saturated rings. The second-order valence-electron chi connectivity index (χ2n) is 6.45. The van der Waals surface area contributed by atoms with E-state index in [1.807, 2.05) is 32.0 Å². The summed E-state index contributed by atoms with van der Waals surface area (Å²) < 4.78 is 6.49. The van der Waals surface area contributed by atoms with Gasteiger partial charge in [0.1, 0.15) is 0 Å². The van der Waals surface area contributed by atoms with Gasteiger partial charge in [-0.3, -0.25) is 14.2 Å². The summed E-state index contributed by atoms with van der Waals surface area (Å²) in [5, 5.41) is 5.80. The maximum Gasteiger partial charge on any atom is 0.419 e. The number of nitrogens with zero attached hydrogens (tertiary/aromatic N) is 1. The Kier molecular flexibility index (Phi) is 5.84. The van der Waals surface area contributed by atoms with Crippen LogP contribution in [0.15, 0.2) is 45.6 Å². The van der Waals surface area contributed by atoms with Gasteiger partial charge in [-0.15, -0.1) is 0 Å². The fourth-order valence-electron chi connectivity index (χ4n) is 2.81. The maximum absolute atomic E-state index is 12.1. The van der Waals surface area contributed by atoms with Crippen LogP contribution < -0.4 is 16.4 Å². The van der Waals surface area contributed by atoms with Crippen molar-refractivity contribution in [3.05, 3.63) is 63.1 Å². The van der Waals surface area contributed by atoms with E-state index in [0.29, 0.717) is 21.8 Å². The fourth-order valence-corrected chi connectivity index (χ4v) is 2.98. The summed E-state index contributed by atoms with van der Waals surface area (Å²) in [5.41, 5.74) is 3.70. The lowest BCUT2D eigenvalue weighted by molar-refractivity contribution is -0.124. The number of nitrogens with one attached hydrogen (secondary N) is 2. The molecule has 28 heavy (non-hydrogen) atoms. The van der Waals surface area contributed by atoms with Gasteiger partial charge in [0.25, 0.3) is 0 Å². The molecular weight excluding hydrogens is 382 g/mol. The highest BCUT2D eigenvalue weighted by Crippen LogP contribution is 2.19. The van der Waals surface area contributed by atoms with Gasteiger partial charge >= 0.3 is 5.76 Å². The SMILES string of the molecule is Cc1cccc(NC(=O)CNC(=O)CCn2c(=O)oc3cc(Cl)ccc32)c1C. The second-order valence-corrected chi connectivity index (χ2v) is 6.89. The normalized spacial score (nSPS) is 10.8. The van der Waals surface area contributed by atoms with Gasteiger partial charge in [0, 0.05) is 29.7 Å². The van der Waals surface area contributed by atoms with Crippen molar-refractivity contribution in [2.24, 2.45) is 0 Å². The number of amides is 2. The molecule has 0 saturated carbocycles. The van der Waals surface area contributed by atoms with Gasteiger partial charge in [-0.25, -0.2) is 4.79 Å². The Morgan fingerprint density at radius 3 is 2.71 bits per heavy atom. The number of anilines is 1. The minimum absolute atomic E-state index is 0.0356. The van der Waals surface area contributed by atoms with Gasteiger partial charge in [-0.05, 0) is 43.2 Å². The molecule has 146 valence electrons. The Labute approximate surface area is 166 Å².